The van der Waals surface area contributed by atoms with E-state index in [2.05, 4.69) is 31.3 Å². The molecule has 1 aromatic rings. The molecule has 0 amide bonds. The van der Waals surface area contributed by atoms with E-state index in [9.17, 15) is 4.57 Å². The first kappa shape index (κ1) is 14.5. The Morgan fingerprint density at radius 1 is 1.06 bits per heavy atom. The highest BCUT2D eigenvalue weighted by Crippen LogP contribution is 2.45. The first-order valence-corrected chi connectivity index (χ1v) is 8.78. The van der Waals surface area contributed by atoms with E-state index in [4.69, 9.17) is 0 Å². The summed E-state index contributed by atoms with van der Waals surface area (Å²) < 4.78 is 12.5. The Bertz CT molecular complexity index is 340. The second kappa shape index (κ2) is 7.68. The minimum Gasteiger partial charge on any atom is -0.322 e. The molecule has 0 heterocycles. The van der Waals surface area contributed by atoms with Gasteiger partial charge in [-0.1, -0.05) is 44.2 Å². The third-order valence-electron chi connectivity index (χ3n) is 2.83. The SMILES string of the molecule is CCCP(=O)(CCC)CNCc1ccccc1. The molecule has 96 valence electrons. The molecular formula is C14H24NOP. The Labute approximate surface area is 105 Å². The van der Waals surface area contributed by atoms with Gasteiger partial charge in [-0.25, -0.2) is 0 Å². The van der Waals surface area contributed by atoms with E-state index in [1.165, 1.54) is 5.56 Å². The highest BCUT2D eigenvalue weighted by molar-refractivity contribution is 7.63. The van der Waals surface area contributed by atoms with Crippen LogP contribution in [-0.2, 0) is 11.1 Å². The van der Waals surface area contributed by atoms with Crippen LogP contribution in [0.3, 0.4) is 0 Å². The van der Waals surface area contributed by atoms with Crippen molar-refractivity contribution >= 4 is 7.14 Å². The van der Waals surface area contributed by atoms with Crippen molar-refractivity contribution in [2.24, 2.45) is 0 Å². The highest BCUT2D eigenvalue weighted by atomic mass is 31.2. The van der Waals surface area contributed by atoms with Gasteiger partial charge in [-0.05, 0) is 18.4 Å². The zero-order chi connectivity index (χ0) is 12.6. The summed E-state index contributed by atoms with van der Waals surface area (Å²) in [6.07, 6.45) is 4.48. The molecule has 0 aliphatic heterocycles. The fraction of sp³-hybridized carbons (Fsp3) is 0.571. The van der Waals surface area contributed by atoms with Crippen LogP contribution in [0.5, 0.6) is 0 Å². The van der Waals surface area contributed by atoms with Crippen molar-refractivity contribution < 1.29 is 4.57 Å². The summed E-state index contributed by atoms with van der Waals surface area (Å²) in [4.78, 5) is 0. The predicted octanol–water partition coefficient (Wildman–Crippen LogP) is 3.92. The van der Waals surface area contributed by atoms with Gasteiger partial charge < -0.3 is 9.88 Å². The molecule has 1 aromatic carbocycles. The zero-order valence-corrected chi connectivity index (χ0v) is 11.9. The zero-order valence-electron chi connectivity index (χ0n) is 11.0. The number of hydrogen-bond donors (Lipinski definition) is 1. The molecule has 0 aliphatic carbocycles. The molecule has 0 aromatic heterocycles. The van der Waals surface area contributed by atoms with Gasteiger partial charge in [0.25, 0.3) is 0 Å². The van der Waals surface area contributed by atoms with Crippen molar-refractivity contribution in [1.82, 2.24) is 5.32 Å². The Hall–Kier alpha value is -0.590. The Morgan fingerprint density at radius 2 is 1.65 bits per heavy atom. The summed E-state index contributed by atoms with van der Waals surface area (Å²) >= 11 is 0. The molecule has 0 saturated heterocycles. The summed E-state index contributed by atoms with van der Waals surface area (Å²) in [5.74, 6) is 0. The lowest BCUT2D eigenvalue weighted by molar-refractivity contribution is 0.566. The minimum atomic E-state index is -1.97. The standard InChI is InChI=1S/C14H24NOP/c1-3-10-17(16,11-4-2)13-15-12-14-8-6-5-7-9-14/h5-9,15H,3-4,10-13H2,1-2H3. The van der Waals surface area contributed by atoms with E-state index in [0.29, 0.717) is 6.29 Å². The van der Waals surface area contributed by atoms with E-state index in [1.54, 1.807) is 0 Å². The summed E-state index contributed by atoms with van der Waals surface area (Å²) in [6.45, 7) is 5.04. The van der Waals surface area contributed by atoms with Crippen LogP contribution < -0.4 is 5.32 Å². The van der Waals surface area contributed by atoms with E-state index in [1.807, 2.05) is 18.2 Å². The van der Waals surface area contributed by atoms with Crippen molar-refractivity contribution in [1.29, 1.82) is 0 Å². The van der Waals surface area contributed by atoms with E-state index >= 15 is 0 Å². The molecule has 17 heavy (non-hydrogen) atoms. The van der Waals surface area contributed by atoms with Crippen molar-refractivity contribution in [3.05, 3.63) is 35.9 Å². The number of rotatable bonds is 8. The van der Waals surface area contributed by atoms with Gasteiger partial charge in [0.05, 0.1) is 0 Å². The lowest BCUT2D eigenvalue weighted by atomic mass is 10.2. The average Bonchev–Trinajstić information content (AvgIpc) is 2.31. The molecule has 0 aliphatic rings. The van der Waals surface area contributed by atoms with Crippen LogP contribution in [0.15, 0.2) is 30.3 Å². The predicted molar refractivity (Wildman–Crippen MR) is 76.1 cm³/mol. The van der Waals surface area contributed by atoms with Gasteiger partial charge in [-0.2, -0.15) is 0 Å². The molecule has 3 heteroatoms. The molecule has 1 N–H and O–H groups in total. The number of hydrogen-bond acceptors (Lipinski definition) is 2. The minimum absolute atomic E-state index is 0.684. The van der Waals surface area contributed by atoms with Crippen molar-refractivity contribution in [2.45, 2.75) is 33.2 Å². The van der Waals surface area contributed by atoms with Crippen LogP contribution in [-0.4, -0.2) is 18.6 Å². The number of benzene rings is 1. The summed E-state index contributed by atoms with van der Waals surface area (Å²) in [6, 6.07) is 10.3. The van der Waals surface area contributed by atoms with Gasteiger partial charge in [0.15, 0.2) is 0 Å². The van der Waals surface area contributed by atoms with E-state index in [-0.39, 0.29) is 0 Å². The normalized spacial score (nSPS) is 11.6. The maximum atomic E-state index is 12.5. The Morgan fingerprint density at radius 3 is 2.18 bits per heavy atom. The molecule has 0 saturated carbocycles. The van der Waals surface area contributed by atoms with E-state index < -0.39 is 7.14 Å². The van der Waals surface area contributed by atoms with E-state index in [0.717, 1.165) is 31.7 Å². The summed E-state index contributed by atoms with van der Waals surface area (Å²) in [7, 11) is -1.97. The Balaban J connectivity index is 2.40. The van der Waals surface area contributed by atoms with Crippen LogP contribution in [0.4, 0.5) is 0 Å². The fourth-order valence-corrected chi connectivity index (χ4v) is 4.77. The topological polar surface area (TPSA) is 29.1 Å². The first-order valence-electron chi connectivity index (χ1n) is 6.52. The molecule has 0 radical (unpaired) electrons. The van der Waals surface area contributed by atoms with Crippen LogP contribution in [0.2, 0.25) is 0 Å². The maximum absolute atomic E-state index is 12.5. The number of nitrogens with one attached hydrogen (secondary N) is 1. The maximum Gasteiger partial charge on any atom is 0.101 e. The smallest absolute Gasteiger partial charge is 0.101 e. The van der Waals surface area contributed by atoms with Gasteiger partial charge >= 0.3 is 0 Å². The molecule has 0 bridgehead atoms. The fourth-order valence-electron chi connectivity index (χ4n) is 2.08. The molecule has 2 nitrogen and oxygen atoms in total. The average molecular weight is 253 g/mol. The molecule has 0 fully saturated rings. The van der Waals surface area contributed by atoms with Crippen molar-refractivity contribution in [3.63, 3.8) is 0 Å². The molecule has 0 unspecified atom stereocenters. The second-order valence-corrected chi connectivity index (χ2v) is 7.90. The van der Waals surface area contributed by atoms with Crippen LogP contribution in [0.1, 0.15) is 32.3 Å². The van der Waals surface area contributed by atoms with Crippen LogP contribution in [0.25, 0.3) is 0 Å². The summed E-state index contributed by atoms with van der Waals surface area (Å²) in [5, 5.41) is 3.35. The van der Waals surface area contributed by atoms with Gasteiger partial charge in [-0.15, -0.1) is 0 Å². The van der Waals surface area contributed by atoms with Crippen molar-refractivity contribution in [3.8, 4) is 0 Å². The molecule has 0 spiro atoms. The van der Waals surface area contributed by atoms with Crippen molar-refractivity contribution in [2.75, 3.05) is 18.6 Å². The van der Waals surface area contributed by atoms with Gasteiger partial charge in [0, 0.05) is 25.2 Å². The first-order chi connectivity index (χ1) is 8.20. The second-order valence-electron chi connectivity index (χ2n) is 4.58. The lowest BCUT2D eigenvalue weighted by Crippen LogP contribution is -2.17. The quantitative estimate of drug-likeness (QED) is 0.711. The monoisotopic (exact) mass is 253 g/mol. The lowest BCUT2D eigenvalue weighted by Gasteiger charge is -2.17. The third-order valence-corrected chi connectivity index (χ3v) is 6.16. The van der Waals surface area contributed by atoms with Gasteiger partial charge in [-0.3, -0.25) is 0 Å². The van der Waals surface area contributed by atoms with Gasteiger partial charge in [0.1, 0.15) is 7.14 Å². The largest absolute Gasteiger partial charge is 0.322 e. The molecule has 0 atom stereocenters. The van der Waals surface area contributed by atoms with Crippen LogP contribution >= 0.6 is 7.14 Å². The molecule has 1 rings (SSSR count). The van der Waals surface area contributed by atoms with Gasteiger partial charge in [0.2, 0.25) is 0 Å². The summed E-state index contributed by atoms with van der Waals surface area (Å²) in [5.41, 5.74) is 1.26. The van der Waals surface area contributed by atoms with Crippen LogP contribution in [0, 0.1) is 0 Å². The highest BCUT2D eigenvalue weighted by Gasteiger charge is 2.18. The Kier molecular flexibility index (Phi) is 6.54. The third kappa shape index (κ3) is 5.52. The molecular weight excluding hydrogens is 229 g/mol.